The van der Waals surface area contributed by atoms with Crippen molar-refractivity contribution in [3.63, 3.8) is 0 Å². The Morgan fingerprint density at radius 1 is 1.03 bits per heavy atom. The van der Waals surface area contributed by atoms with Crippen LogP contribution in [-0.4, -0.2) is 18.6 Å². The summed E-state index contributed by atoms with van der Waals surface area (Å²) >= 11 is 0. The van der Waals surface area contributed by atoms with Gasteiger partial charge >= 0.3 is 0 Å². The number of rotatable bonds is 6. The van der Waals surface area contributed by atoms with Crippen LogP contribution < -0.4 is 20.1 Å². The maximum absolute atomic E-state index is 12.8. The van der Waals surface area contributed by atoms with Crippen LogP contribution in [0, 0.1) is 6.92 Å². The normalized spacial score (nSPS) is 12.5. The van der Waals surface area contributed by atoms with E-state index in [0.29, 0.717) is 22.8 Å². The first kappa shape index (κ1) is 19.3. The second-order valence-corrected chi connectivity index (χ2v) is 6.77. The molecule has 30 heavy (non-hydrogen) atoms. The Balaban J connectivity index is 1.49. The summed E-state index contributed by atoms with van der Waals surface area (Å²) in [6, 6.07) is 16.0. The van der Waals surface area contributed by atoms with Crippen LogP contribution in [0.15, 0.2) is 71.0 Å². The molecule has 1 aliphatic rings. The summed E-state index contributed by atoms with van der Waals surface area (Å²) in [6.45, 7) is 2.34. The van der Waals surface area contributed by atoms with Gasteiger partial charge in [-0.05, 0) is 48.9 Å². The molecule has 1 aromatic heterocycles. The summed E-state index contributed by atoms with van der Waals surface area (Å²) in [7, 11) is 0. The highest BCUT2D eigenvalue weighted by atomic mass is 16.7. The molecule has 0 unspecified atom stereocenters. The van der Waals surface area contributed by atoms with Gasteiger partial charge in [0.15, 0.2) is 11.5 Å². The molecule has 2 amide bonds. The van der Waals surface area contributed by atoms with Crippen molar-refractivity contribution in [2.45, 2.75) is 13.5 Å². The van der Waals surface area contributed by atoms with Gasteiger partial charge in [-0.2, -0.15) is 0 Å². The topological polar surface area (TPSA) is 89.8 Å². The molecule has 7 nitrogen and oxygen atoms in total. The van der Waals surface area contributed by atoms with Crippen molar-refractivity contribution in [2.75, 3.05) is 6.79 Å². The number of hydrogen-bond donors (Lipinski definition) is 2. The first-order chi connectivity index (χ1) is 14.6. The number of ether oxygens (including phenoxy) is 2. The molecule has 0 aliphatic carbocycles. The third kappa shape index (κ3) is 4.52. The molecule has 3 aromatic rings. The number of hydrogen-bond acceptors (Lipinski definition) is 5. The molecule has 0 atom stereocenters. The van der Waals surface area contributed by atoms with Gasteiger partial charge in [-0.15, -0.1) is 0 Å². The van der Waals surface area contributed by atoms with E-state index in [0.717, 1.165) is 11.1 Å². The maximum Gasteiger partial charge on any atom is 0.268 e. The zero-order valence-corrected chi connectivity index (χ0v) is 16.3. The molecule has 4 rings (SSSR count). The minimum atomic E-state index is -0.440. The van der Waals surface area contributed by atoms with E-state index < -0.39 is 5.91 Å². The van der Waals surface area contributed by atoms with Crippen molar-refractivity contribution < 1.29 is 23.5 Å². The second-order valence-electron chi connectivity index (χ2n) is 6.77. The van der Waals surface area contributed by atoms with Crippen LogP contribution in [0.5, 0.6) is 11.5 Å². The monoisotopic (exact) mass is 404 g/mol. The van der Waals surface area contributed by atoms with E-state index in [-0.39, 0.29) is 24.9 Å². The van der Waals surface area contributed by atoms with E-state index in [2.05, 4.69) is 10.6 Å². The van der Waals surface area contributed by atoms with Crippen LogP contribution in [0.4, 0.5) is 0 Å². The molecule has 2 aromatic carbocycles. The van der Waals surface area contributed by atoms with E-state index >= 15 is 0 Å². The number of aryl methyl sites for hydroxylation is 1. The second kappa shape index (κ2) is 8.57. The molecule has 0 spiro atoms. The third-order valence-electron chi connectivity index (χ3n) is 4.49. The molecule has 152 valence electrons. The van der Waals surface area contributed by atoms with Crippen molar-refractivity contribution in [1.82, 2.24) is 10.6 Å². The molecule has 7 heteroatoms. The van der Waals surface area contributed by atoms with Gasteiger partial charge in [0.2, 0.25) is 6.79 Å². The Bertz CT molecular complexity index is 1100. The van der Waals surface area contributed by atoms with Crippen molar-refractivity contribution >= 4 is 17.9 Å². The van der Waals surface area contributed by atoms with Gasteiger partial charge < -0.3 is 24.5 Å². The average molecular weight is 404 g/mol. The predicted molar refractivity (Wildman–Crippen MR) is 110 cm³/mol. The lowest BCUT2D eigenvalue weighted by molar-refractivity contribution is -0.117. The molecular formula is C23H20N2O5. The summed E-state index contributed by atoms with van der Waals surface area (Å²) in [5, 5.41) is 5.49. The van der Waals surface area contributed by atoms with Gasteiger partial charge in [0, 0.05) is 18.2 Å². The summed E-state index contributed by atoms with van der Waals surface area (Å²) in [4.78, 5) is 25.5. The van der Waals surface area contributed by atoms with Crippen molar-refractivity contribution in [2.24, 2.45) is 0 Å². The van der Waals surface area contributed by atoms with Gasteiger partial charge in [-0.1, -0.05) is 23.8 Å². The molecule has 0 radical (unpaired) electrons. The van der Waals surface area contributed by atoms with Gasteiger partial charge in [0.1, 0.15) is 11.5 Å². The van der Waals surface area contributed by atoms with Gasteiger partial charge in [-0.25, -0.2) is 0 Å². The fourth-order valence-electron chi connectivity index (χ4n) is 2.98. The highest BCUT2D eigenvalue weighted by Gasteiger charge is 2.17. The number of benzene rings is 2. The van der Waals surface area contributed by atoms with Crippen LogP contribution >= 0.6 is 0 Å². The van der Waals surface area contributed by atoms with Crippen LogP contribution in [-0.2, 0) is 11.3 Å². The average Bonchev–Trinajstić information content (AvgIpc) is 3.42. The SMILES string of the molecule is Cc1cccc(C(=O)N/C(=C\c2ccco2)C(=O)NCc2ccc3c(c2)OCO3)c1. The maximum atomic E-state index is 12.8. The fraction of sp³-hybridized carbons (Fsp3) is 0.130. The Labute approximate surface area is 173 Å². The number of furan rings is 1. The lowest BCUT2D eigenvalue weighted by Crippen LogP contribution is -2.34. The van der Waals surface area contributed by atoms with Crippen LogP contribution in [0.2, 0.25) is 0 Å². The third-order valence-corrected chi connectivity index (χ3v) is 4.49. The quantitative estimate of drug-likeness (QED) is 0.615. The van der Waals surface area contributed by atoms with E-state index in [4.69, 9.17) is 13.9 Å². The number of carbonyl (C=O) groups excluding carboxylic acids is 2. The Hall–Kier alpha value is -4.00. The van der Waals surface area contributed by atoms with Gasteiger partial charge in [-0.3, -0.25) is 9.59 Å². The van der Waals surface area contributed by atoms with Crippen molar-refractivity contribution in [1.29, 1.82) is 0 Å². The molecule has 0 bridgehead atoms. The van der Waals surface area contributed by atoms with Gasteiger partial charge in [0.25, 0.3) is 11.8 Å². The highest BCUT2D eigenvalue weighted by molar-refractivity contribution is 6.05. The number of amides is 2. The first-order valence-electron chi connectivity index (χ1n) is 9.38. The van der Waals surface area contributed by atoms with E-state index in [9.17, 15) is 9.59 Å². The van der Waals surface area contributed by atoms with Crippen LogP contribution in [0.25, 0.3) is 6.08 Å². The van der Waals surface area contributed by atoms with Crippen LogP contribution in [0.1, 0.15) is 27.2 Å². The Morgan fingerprint density at radius 2 is 1.90 bits per heavy atom. The minimum absolute atomic E-state index is 0.0807. The zero-order chi connectivity index (χ0) is 20.9. The zero-order valence-electron chi connectivity index (χ0n) is 16.3. The molecule has 1 aliphatic heterocycles. The molecule has 2 N–H and O–H groups in total. The number of fused-ring (bicyclic) bond motifs is 1. The summed E-state index contributed by atoms with van der Waals surface area (Å²) in [5.74, 6) is 0.947. The molecule has 2 heterocycles. The Morgan fingerprint density at radius 3 is 2.70 bits per heavy atom. The summed E-state index contributed by atoms with van der Waals surface area (Å²) in [5.41, 5.74) is 2.34. The lowest BCUT2D eigenvalue weighted by Gasteiger charge is -2.11. The molecule has 0 fully saturated rings. The summed E-state index contributed by atoms with van der Waals surface area (Å²) in [6.07, 6.45) is 2.99. The summed E-state index contributed by atoms with van der Waals surface area (Å²) < 4.78 is 15.9. The first-order valence-corrected chi connectivity index (χ1v) is 9.38. The minimum Gasteiger partial charge on any atom is -0.465 e. The molecule has 0 saturated heterocycles. The molecular weight excluding hydrogens is 384 g/mol. The van der Waals surface area contributed by atoms with Crippen molar-refractivity contribution in [3.8, 4) is 11.5 Å². The van der Waals surface area contributed by atoms with Crippen molar-refractivity contribution in [3.05, 3.63) is 89.0 Å². The van der Waals surface area contributed by atoms with Crippen LogP contribution in [0.3, 0.4) is 0 Å². The molecule has 0 saturated carbocycles. The van der Waals surface area contributed by atoms with Gasteiger partial charge in [0.05, 0.1) is 6.26 Å². The Kier molecular flexibility index (Phi) is 5.52. The van der Waals surface area contributed by atoms with E-state index in [1.165, 1.54) is 12.3 Å². The smallest absolute Gasteiger partial charge is 0.268 e. The highest BCUT2D eigenvalue weighted by Crippen LogP contribution is 2.32. The standard InChI is InChI=1S/C23H20N2O5/c1-15-4-2-5-17(10-15)22(26)25-19(12-18-6-3-9-28-18)23(27)24-13-16-7-8-20-21(11-16)30-14-29-20/h2-12H,13-14H2,1H3,(H,24,27)(H,25,26)/b19-12-. The number of nitrogens with one attached hydrogen (secondary N) is 2. The number of carbonyl (C=O) groups is 2. The predicted octanol–water partition coefficient (Wildman–Crippen LogP) is 3.40. The van der Waals surface area contributed by atoms with E-state index in [1.54, 1.807) is 36.4 Å². The van der Waals surface area contributed by atoms with E-state index in [1.807, 2.05) is 25.1 Å². The fourth-order valence-corrected chi connectivity index (χ4v) is 2.98. The lowest BCUT2D eigenvalue weighted by atomic mass is 10.1. The largest absolute Gasteiger partial charge is 0.465 e.